The summed E-state index contributed by atoms with van der Waals surface area (Å²) < 4.78 is 38.0. The van der Waals surface area contributed by atoms with Gasteiger partial charge in [-0.25, -0.2) is 0 Å². The Kier molecular flexibility index (Phi) is 5.05. The smallest absolute Gasteiger partial charge is 0.369 e. The van der Waals surface area contributed by atoms with Crippen molar-refractivity contribution >= 4 is 11.8 Å². The van der Waals surface area contributed by atoms with Gasteiger partial charge in [-0.05, 0) is 33.1 Å². The van der Waals surface area contributed by atoms with Gasteiger partial charge in [-0.1, -0.05) is 6.42 Å². The first-order chi connectivity index (χ1) is 9.04. The van der Waals surface area contributed by atoms with Crippen LogP contribution >= 0.6 is 0 Å². The molecule has 1 fully saturated rings. The Balaban J connectivity index is 2.54. The van der Waals surface area contributed by atoms with Crippen molar-refractivity contribution in [2.75, 3.05) is 6.54 Å². The lowest BCUT2D eigenvalue weighted by Gasteiger charge is -2.30. The van der Waals surface area contributed by atoms with Crippen molar-refractivity contribution in [1.82, 2.24) is 5.32 Å². The van der Waals surface area contributed by atoms with E-state index in [0.717, 1.165) is 0 Å². The van der Waals surface area contributed by atoms with E-state index in [9.17, 15) is 22.8 Å². The molecule has 0 aliphatic heterocycles. The zero-order valence-corrected chi connectivity index (χ0v) is 11.7. The van der Waals surface area contributed by atoms with Crippen molar-refractivity contribution < 1.29 is 22.8 Å². The first-order valence-corrected chi connectivity index (χ1v) is 6.68. The molecule has 116 valence electrons. The van der Waals surface area contributed by atoms with E-state index >= 15 is 0 Å². The SMILES string of the molecule is CC(C)(CNC(=O)C1CCCC(C(F)(F)F)C1)C(N)=O. The summed E-state index contributed by atoms with van der Waals surface area (Å²) in [5.74, 6) is -3.03. The first kappa shape index (κ1) is 16.8. The fourth-order valence-electron chi connectivity index (χ4n) is 2.26. The standard InChI is InChI=1S/C13H21F3N2O2/c1-12(2,11(17)20)7-18-10(19)8-4-3-5-9(6-8)13(14,15)16/h8-9H,3-7H2,1-2H3,(H2,17,20)(H,18,19). The highest BCUT2D eigenvalue weighted by molar-refractivity contribution is 5.82. The number of primary amides is 1. The van der Waals surface area contributed by atoms with Gasteiger partial charge in [0, 0.05) is 12.5 Å². The summed E-state index contributed by atoms with van der Waals surface area (Å²) in [5.41, 5.74) is 4.27. The summed E-state index contributed by atoms with van der Waals surface area (Å²) in [7, 11) is 0. The number of nitrogens with one attached hydrogen (secondary N) is 1. The van der Waals surface area contributed by atoms with Crippen molar-refractivity contribution in [2.24, 2.45) is 23.0 Å². The van der Waals surface area contributed by atoms with E-state index in [2.05, 4.69) is 5.32 Å². The number of amides is 2. The van der Waals surface area contributed by atoms with Gasteiger partial charge < -0.3 is 11.1 Å². The number of nitrogens with two attached hydrogens (primary N) is 1. The molecule has 0 aromatic rings. The highest BCUT2D eigenvalue weighted by Crippen LogP contribution is 2.39. The second kappa shape index (κ2) is 6.01. The molecule has 2 amide bonds. The van der Waals surface area contributed by atoms with Crippen LogP contribution in [0.25, 0.3) is 0 Å². The van der Waals surface area contributed by atoms with Crippen LogP contribution in [0, 0.1) is 17.3 Å². The quantitative estimate of drug-likeness (QED) is 0.832. The van der Waals surface area contributed by atoms with Crippen LogP contribution in [0.2, 0.25) is 0 Å². The van der Waals surface area contributed by atoms with Crippen LogP contribution < -0.4 is 11.1 Å². The molecule has 0 saturated heterocycles. The third kappa shape index (κ3) is 4.38. The van der Waals surface area contributed by atoms with Gasteiger partial charge in [0.15, 0.2) is 0 Å². The zero-order valence-electron chi connectivity index (χ0n) is 11.7. The molecule has 0 aromatic carbocycles. The second-order valence-electron chi connectivity index (χ2n) is 6.07. The van der Waals surface area contributed by atoms with Crippen LogP contribution in [-0.2, 0) is 9.59 Å². The molecule has 2 atom stereocenters. The molecule has 0 heterocycles. The van der Waals surface area contributed by atoms with Gasteiger partial charge in [-0.3, -0.25) is 9.59 Å². The molecule has 1 rings (SSSR count). The number of carbonyl (C=O) groups excluding carboxylic acids is 2. The number of carbonyl (C=O) groups is 2. The lowest BCUT2D eigenvalue weighted by Crippen LogP contribution is -2.45. The van der Waals surface area contributed by atoms with Crippen LogP contribution in [0.1, 0.15) is 39.5 Å². The minimum atomic E-state index is -4.24. The summed E-state index contributed by atoms with van der Waals surface area (Å²) in [5, 5.41) is 2.54. The highest BCUT2D eigenvalue weighted by Gasteiger charge is 2.43. The van der Waals surface area contributed by atoms with Crippen LogP contribution in [-0.4, -0.2) is 24.5 Å². The topological polar surface area (TPSA) is 72.2 Å². The molecule has 20 heavy (non-hydrogen) atoms. The summed E-state index contributed by atoms with van der Waals surface area (Å²) in [4.78, 5) is 23.0. The number of hydrogen-bond acceptors (Lipinski definition) is 2. The normalized spacial score (nSPS) is 24.2. The summed E-state index contributed by atoms with van der Waals surface area (Å²) >= 11 is 0. The van der Waals surface area contributed by atoms with Crippen LogP contribution in [0.4, 0.5) is 13.2 Å². The number of alkyl halides is 3. The van der Waals surface area contributed by atoms with E-state index in [1.807, 2.05) is 0 Å². The summed E-state index contributed by atoms with van der Waals surface area (Å²) in [6, 6.07) is 0. The Bertz CT molecular complexity index is 380. The van der Waals surface area contributed by atoms with E-state index in [-0.39, 0.29) is 19.4 Å². The maximum absolute atomic E-state index is 12.7. The molecule has 0 aromatic heterocycles. The van der Waals surface area contributed by atoms with Crippen molar-refractivity contribution in [1.29, 1.82) is 0 Å². The average Bonchev–Trinajstić information content (AvgIpc) is 2.35. The molecule has 0 radical (unpaired) electrons. The van der Waals surface area contributed by atoms with E-state index in [0.29, 0.717) is 12.8 Å². The first-order valence-electron chi connectivity index (χ1n) is 6.68. The molecule has 0 spiro atoms. The summed E-state index contributed by atoms with van der Waals surface area (Å²) in [6.07, 6.45) is -3.49. The van der Waals surface area contributed by atoms with Gasteiger partial charge in [0.2, 0.25) is 11.8 Å². The van der Waals surface area contributed by atoms with Gasteiger partial charge >= 0.3 is 6.18 Å². The van der Waals surface area contributed by atoms with Crippen LogP contribution in [0.5, 0.6) is 0 Å². The third-order valence-corrected chi connectivity index (χ3v) is 3.88. The zero-order chi connectivity index (χ0) is 15.6. The fourth-order valence-corrected chi connectivity index (χ4v) is 2.26. The maximum atomic E-state index is 12.7. The molecule has 2 unspecified atom stereocenters. The van der Waals surface area contributed by atoms with Crippen LogP contribution in [0.15, 0.2) is 0 Å². The number of halogens is 3. The van der Waals surface area contributed by atoms with E-state index in [4.69, 9.17) is 5.73 Å². The summed E-state index contributed by atoms with van der Waals surface area (Å²) in [6.45, 7) is 3.19. The Morgan fingerprint density at radius 1 is 1.25 bits per heavy atom. The Hall–Kier alpha value is -1.27. The molecule has 7 heteroatoms. The largest absolute Gasteiger partial charge is 0.391 e. The van der Waals surface area contributed by atoms with Gasteiger partial charge in [-0.15, -0.1) is 0 Å². The lowest BCUT2D eigenvalue weighted by molar-refractivity contribution is -0.186. The Labute approximate surface area is 116 Å². The predicted molar refractivity (Wildman–Crippen MR) is 67.5 cm³/mol. The molecule has 4 nitrogen and oxygen atoms in total. The molecule has 1 saturated carbocycles. The number of rotatable bonds is 4. The van der Waals surface area contributed by atoms with Gasteiger partial charge in [-0.2, -0.15) is 13.2 Å². The average molecular weight is 294 g/mol. The third-order valence-electron chi connectivity index (χ3n) is 3.88. The molecule has 1 aliphatic rings. The molecule has 3 N–H and O–H groups in total. The van der Waals surface area contributed by atoms with Crippen molar-refractivity contribution in [3.63, 3.8) is 0 Å². The fraction of sp³-hybridized carbons (Fsp3) is 0.846. The van der Waals surface area contributed by atoms with Crippen molar-refractivity contribution in [3.8, 4) is 0 Å². The van der Waals surface area contributed by atoms with E-state index in [1.165, 1.54) is 0 Å². The van der Waals surface area contributed by atoms with Crippen molar-refractivity contribution in [3.05, 3.63) is 0 Å². The molecule has 0 bridgehead atoms. The predicted octanol–water partition coefficient (Wildman–Crippen LogP) is 1.98. The molecular weight excluding hydrogens is 273 g/mol. The van der Waals surface area contributed by atoms with E-state index < -0.39 is 35.2 Å². The van der Waals surface area contributed by atoms with Gasteiger partial charge in [0.05, 0.1) is 11.3 Å². The molecular formula is C13H21F3N2O2. The van der Waals surface area contributed by atoms with Crippen LogP contribution in [0.3, 0.4) is 0 Å². The van der Waals surface area contributed by atoms with Gasteiger partial charge in [0.25, 0.3) is 0 Å². The number of hydrogen-bond donors (Lipinski definition) is 2. The highest BCUT2D eigenvalue weighted by atomic mass is 19.4. The minimum absolute atomic E-state index is 0.0361. The second-order valence-corrected chi connectivity index (χ2v) is 6.07. The Morgan fingerprint density at radius 2 is 1.85 bits per heavy atom. The van der Waals surface area contributed by atoms with E-state index in [1.54, 1.807) is 13.8 Å². The van der Waals surface area contributed by atoms with Gasteiger partial charge in [0.1, 0.15) is 0 Å². The lowest BCUT2D eigenvalue weighted by atomic mass is 9.80. The monoisotopic (exact) mass is 294 g/mol. The van der Waals surface area contributed by atoms with Crippen molar-refractivity contribution in [2.45, 2.75) is 45.7 Å². The molecule has 1 aliphatic carbocycles. The minimum Gasteiger partial charge on any atom is -0.369 e. The maximum Gasteiger partial charge on any atom is 0.391 e. The Morgan fingerprint density at radius 3 is 2.35 bits per heavy atom.